The molecule has 2 heterocycles. The zero-order valence-corrected chi connectivity index (χ0v) is 14.0. The number of amides is 2. The van der Waals surface area contributed by atoms with Crippen LogP contribution in [0.5, 0.6) is 0 Å². The summed E-state index contributed by atoms with van der Waals surface area (Å²) in [5.74, 6) is 0.505. The molecule has 1 aromatic rings. The molecule has 1 aromatic heterocycles. The number of hydrogen-bond donors (Lipinski definition) is 2. The highest BCUT2D eigenvalue weighted by molar-refractivity contribution is 5.74. The number of pyridine rings is 1. The molecule has 138 valence electrons. The van der Waals surface area contributed by atoms with Crippen LogP contribution >= 0.6 is 0 Å². The summed E-state index contributed by atoms with van der Waals surface area (Å²) in [6.45, 7) is 1.21. The lowest BCUT2D eigenvalue weighted by atomic mass is 9.96. The number of alkyl halides is 3. The van der Waals surface area contributed by atoms with Gasteiger partial charge < -0.3 is 15.5 Å². The lowest BCUT2D eigenvalue weighted by Crippen LogP contribution is -2.47. The topological polar surface area (TPSA) is 57.3 Å². The van der Waals surface area contributed by atoms with Crippen LogP contribution in [-0.4, -0.2) is 36.2 Å². The summed E-state index contributed by atoms with van der Waals surface area (Å²) in [5, 5.41) is 5.98. The monoisotopic (exact) mass is 356 g/mol. The van der Waals surface area contributed by atoms with E-state index in [0.29, 0.717) is 18.9 Å². The van der Waals surface area contributed by atoms with E-state index in [2.05, 4.69) is 15.6 Å². The lowest BCUT2D eigenvalue weighted by molar-refractivity contribution is -0.137. The van der Waals surface area contributed by atoms with Gasteiger partial charge in [0.2, 0.25) is 0 Å². The van der Waals surface area contributed by atoms with Crippen molar-refractivity contribution >= 4 is 11.8 Å². The van der Waals surface area contributed by atoms with Crippen molar-refractivity contribution in [2.75, 3.05) is 18.0 Å². The largest absolute Gasteiger partial charge is 0.417 e. The van der Waals surface area contributed by atoms with E-state index in [1.165, 1.54) is 12.5 Å². The Labute approximate surface area is 145 Å². The van der Waals surface area contributed by atoms with E-state index in [4.69, 9.17) is 0 Å². The molecule has 2 amide bonds. The molecule has 2 fully saturated rings. The maximum atomic E-state index is 12.6. The highest BCUT2D eigenvalue weighted by Gasteiger charge is 2.31. The molecule has 1 unspecified atom stereocenters. The smallest absolute Gasteiger partial charge is 0.354 e. The van der Waals surface area contributed by atoms with Gasteiger partial charge in [-0.2, -0.15) is 13.2 Å². The molecule has 0 aromatic carbocycles. The summed E-state index contributed by atoms with van der Waals surface area (Å²) in [7, 11) is 0. The van der Waals surface area contributed by atoms with Crippen molar-refractivity contribution in [2.24, 2.45) is 0 Å². The SMILES string of the molecule is O=C(NC1CCCCC1)NC1CCN(c2ccc(C(F)(F)F)cn2)C1. The number of hydrogen-bond acceptors (Lipinski definition) is 3. The fourth-order valence-corrected chi connectivity index (χ4v) is 3.49. The maximum Gasteiger partial charge on any atom is 0.417 e. The lowest BCUT2D eigenvalue weighted by Gasteiger charge is -2.24. The summed E-state index contributed by atoms with van der Waals surface area (Å²) < 4.78 is 37.8. The minimum Gasteiger partial charge on any atom is -0.354 e. The van der Waals surface area contributed by atoms with Crippen molar-refractivity contribution in [1.29, 1.82) is 0 Å². The Morgan fingerprint density at radius 3 is 2.44 bits per heavy atom. The summed E-state index contributed by atoms with van der Waals surface area (Å²) in [4.78, 5) is 17.9. The van der Waals surface area contributed by atoms with Gasteiger partial charge in [-0.05, 0) is 31.4 Å². The Hall–Kier alpha value is -1.99. The zero-order valence-electron chi connectivity index (χ0n) is 14.0. The molecule has 2 aliphatic rings. The third-order valence-electron chi connectivity index (χ3n) is 4.86. The number of aromatic nitrogens is 1. The zero-order chi connectivity index (χ0) is 17.9. The second-order valence-corrected chi connectivity index (χ2v) is 6.79. The molecule has 1 atom stereocenters. The molecule has 1 aliphatic carbocycles. The minimum absolute atomic E-state index is 0.0207. The van der Waals surface area contributed by atoms with Gasteiger partial charge in [0, 0.05) is 31.4 Å². The van der Waals surface area contributed by atoms with Crippen LogP contribution in [0.25, 0.3) is 0 Å². The maximum absolute atomic E-state index is 12.6. The Balaban J connectivity index is 1.48. The van der Waals surface area contributed by atoms with E-state index in [9.17, 15) is 18.0 Å². The number of halogens is 3. The van der Waals surface area contributed by atoms with Crippen molar-refractivity contribution in [1.82, 2.24) is 15.6 Å². The molecule has 1 saturated carbocycles. The number of carbonyl (C=O) groups excluding carboxylic acids is 1. The highest BCUT2D eigenvalue weighted by Crippen LogP contribution is 2.29. The van der Waals surface area contributed by atoms with Gasteiger partial charge in [0.1, 0.15) is 5.82 Å². The average molecular weight is 356 g/mol. The second-order valence-electron chi connectivity index (χ2n) is 6.79. The van der Waals surface area contributed by atoms with Gasteiger partial charge in [0.25, 0.3) is 0 Å². The molecule has 0 bridgehead atoms. The minimum atomic E-state index is -4.38. The number of urea groups is 1. The van der Waals surface area contributed by atoms with Crippen molar-refractivity contribution in [3.05, 3.63) is 23.9 Å². The van der Waals surface area contributed by atoms with E-state index in [1.807, 2.05) is 4.90 Å². The van der Waals surface area contributed by atoms with E-state index in [0.717, 1.165) is 44.4 Å². The van der Waals surface area contributed by atoms with E-state index >= 15 is 0 Å². The van der Waals surface area contributed by atoms with Crippen LogP contribution in [0.4, 0.5) is 23.8 Å². The van der Waals surface area contributed by atoms with Gasteiger partial charge in [0.05, 0.1) is 5.56 Å². The van der Waals surface area contributed by atoms with Gasteiger partial charge in [-0.3, -0.25) is 0 Å². The quantitative estimate of drug-likeness (QED) is 0.874. The summed E-state index contributed by atoms with van der Waals surface area (Å²) >= 11 is 0. The molecule has 1 saturated heterocycles. The number of anilines is 1. The molecular weight excluding hydrogens is 333 g/mol. The standard InChI is InChI=1S/C17H23F3N4O/c18-17(19,20)12-6-7-15(21-10-12)24-9-8-14(11-24)23-16(25)22-13-4-2-1-3-5-13/h6-7,10,13-14H,1-5,8-9,11H2,(H2,22,23,25). The molecule has 3 rings (SSSR count). The normalized spacial score (nSPS) is 22.0. The Morgan fingerprint density at radius 2 is 1.80 bits per heavy atom. The molecule has 8 heteroatoms. The Morgan fingerprint density at radius 1 is 1.08 bits per heavy atom. The molecule has 25 heavy (non-hydrogen) atoms. The van der Waals surface area contributed by atoms with Crippen LogP contribution in [0, 0.1) is 0 Å². The van der Waals surface area contributed by atoms with Crippen LogP contribution < -0.4 is 15.5 Å². The third-order valence-corrected chi connectivity index (χ3v) is 4.86. The van der Waals surface area contributed by atoms with Crippen molar-refractivity contribution < 1.29 is 18.0 Å². The predicted molar refractivity (Wildman–Crippen MR) is 88.4 cm³/mol. The number of carbonyl (C=O) groups is 1. The van der Waals surface area contributed by atoms with Crippen LogP contribution in [0.15, 0.2) is 18.3 Å². The van der Waals surface area contributed by atoms with Gasteiger partial charge in [-0.1, -0.05) is 19.3 Å². The van der Waals surface area contributed by atoms with Gasteiger partial charge in [-0.25, -0.2) is 9.78 Å². The molecule has 0 spiro atoms. The molecule has 0 radical (unpaired) electrons. The molecule has 1 aliphatic heterocycles. The fourth-order valence-electron chi connectivity index (χ4n) is 3.49. The summed E-state index contributed by atoms with van der Waals surface area (Å²) in [6, 6.07) is 2.50. The number of nitrogens with zero attached hydrogens (tertiary/aromatic N) is 2. The summed E-state index contributed by atoms with van der Waals surface area (Å²) in [5.41, 5.74) is -0.753. The first-order valence-corrected chi connectivity index (χ1v) is 8.77. The van der Waals surface area contributed by atoms with E-state index < -0.39 is 11.7 Å². The van der Waals surface area contributed by atoms with Crippen molar-refractivity contribution in [2.45, 2.75) is 56.8 Å². The molecular formula is C17H23F3N4O. The van der Waals surface area contributed by atoms with E-state index in [1.54, 1.807) is 0 Å². The first kappa shape index (κ1) is 17.8. The van der Waals surface area contributed by atoms with Gasteiger partial charge >= 0.3 is 12.2 Å². The number of nitrogens with one attached hydrogen (secondary N) is 2. The first-order chi connectivity index (χ1) is 11.9. The Bertz CT molecular complexity index is 585. The van der Waals surface area contributed by atoms with Crippen molar-refractivity contribution in [3.63, 3.8) is 0 Å². The predicted octanol–water partition coefficient (Wildman–Crippen LogP) is 3.31. The summed E-state index contributed by atoms with van der Waals surface area (Å²) in [6.07, 6.45) is 2.82. The third kappa shape index (κ3) is 4.76. The second kappa shape index (κ2) is 7.49. The van der Waals surface area contributed by atoms with Crippen LogP contribution in [0.1, 0.15) is 44.1 Å². The van der Waals surface area contributed by atoms with Gasteiger partial charge in [-0.15, -0.1) is 0 Å². The number of rotatable bonds is 3. The van der Waals surface area contributed by atoms with Crippen LogP contribution in [0.3, 0.4) is 0 Å². The fraction of sp³-hybridized carbons (Fsp3) is 0.647. The average Bonchev–Trinajstić information content (AvgIpc) is 3.03. The van der Waals surface area contributed by atoms with Crippen LogP contribution in [0.2, 0.25) is 0 Å². The molecule has 2 N–H and O–H groups in total. The highest BCUT2D eigenvalue weighted by atomic mass is 19.4. The van der Waals surface area contributed by atoms with Crippen LogP contribution in [-0.2, 0) is 6.18 Å². The Kier molecular flexibility index (Phi) is 5.34. The molecule has 5 nitrogen and oxygen atoms in total. The van der Waals surface area contributed by atoms with E-state index in [-0.39, 0.29) is 18.1 Å². The van der Waals surface area contributed by atoms with Crippen molar-refractivity contribution in [3.8, 4) is 0 Å². The van der Waals surface area contributed by atoms with Gasteiger partial charge in [0.15, 0.2) is 0 Å². The first-order valence-electron chi connectivity index (χ1n) is 8.77.